The average Bonchev–Trinajstić information content (AvgIpc) is 3.60. The van der Waals surface area contributed by atoms with Crippen LogP contribution < -0.4 is 10.6 Å². The van der Waals surface area contributed by atoms with Gasteiger partial charge in [-0.3, -0.25) is 9.59 Å². The van der Waals surface area contributed by atoms with Gasteiger partial charge in [-0.2, -0.15) is 0 Å². The van der Waals surface area contributed by atoms with Crippen LogP contribution in [0.25, 0.3) is 11.1 Å². The molecule has 0 bridgehead atoms. The van der Waals surface area contributed by atoms with Gasteiger partial charge in [0.1, 0.15) is 6.61 Å². The monoisotopic (exact) mass is 476 g/mol. The van der Waals surface area contributed by atoms with Crippen LogP contribution in [-0.4, -0.2) is 42.3 Å². The third-order valence-corrected chi connectivity index (χ3v) is 8.08. The van der Waals surface area contributed by atoms with Crippen molar-refractivity contribution in [2.45, 2.75) is 56.9 Å². The van der Waals surface area contributed by atoms with Gasteiger partial charge in [-0.05, 0) is 54.4 Å². The summed E-state index contributed by atoms with van der Waals surface area (Å²) in [4.78, 5) is 37.0. The van der Waals surface area contributed by atoms with E-state index in [1.807, 2.05) is 24.3 Å². The van der Waals surface area contributed by atoms with E-state index in [1.54, 1.807) is 0 Å². The molecule has 3 aliphatic carbocycles. The van der Waals surface area contributed by atoms with Gasteiger partial charge in [0.2, 0.25) is 5.91 Å². The second-order valence-electron chi connectivity index (χ2n) is 10.2. The number of ether oxygens (including phenoxy) is 1. The quantitative estimate of drug-likeness (QED) is 0.547. The molecule has 2 amide bonds. The Morgan fingerprint density at radius 3 is 2.20 bits per heavy atom. The number of alkyl carbamates (subject to hydrolysis) is 1. The number of rotatable bonds is 7. The zero-order valence-corrected chi connectivity index (χ0v) is 19.8. The van der Waals surface area contributed by atoms with Gasteiger partial charge >= 0.3 is 12.1 Å². The molecule has 0 heterocycles. The fraction of sp³-hybridized carbons (Fsp3) is 0.464. The molecule has 2 atom stereocenters. The van der Waals surface area contributed by atoms with E-state index < -0.39 is 17.5 Å². The Labute approximate surface area is 205 Å². The van der Waals surface area contributed by atoms with E-state index in [1.165, 1.54) is 22.3 Å². The molecule has 0 aromatic heterocycles. The summed E-state index contributed by atoms with van der Waals surface area (Å²) < 4.78 is 5.64. The van der Waals surface area contributed by atoms with Gasteiger partial charge in [0.05, 0.1) is 5.41 Å². The lowest BCUT2D eigenvalue weighted by Gasteiger charge is -2.25. The molecule has 2 aromatic rings. The summed E-state index contributed by atoms with van der Waals surface area (Å²) in [5, 5.41) is 15.4. The van der Waals surface area contributed by atoms with E-state index in [4.69, 9.17) is 4.74 Å². The Kier molecular flexibility index (Phi) is 6.50. The van der Waals surface area contributed by atoms with Gasteiger partial charge in [0, 0.05) is 24.4 Å². The van der Waals surface area contributed by atoms with Crippen LogP contribution in [0.4, 0.5) is 4.79 Å². The van der Waals surface area contributed by atoms with Crippen LogP contribution >= 0.6 is 0 Å². The molecule has 3 N–H and O–H groups in total. The molecule has 2 unspecified atom stereocenters. The fourth-order valence-corrected chi connectivity index (χ4v) is 6.08. The molecule has 0 spiro atoms. The van der Waals surface area contributed by atoms with Gasteiger partial charge in [0.15, 0.2) is 0 Å². The lowest BCUT2D eigenvalue weighted by Crippen LogP contribution is -2.43. The average molecular weight is 477 g/mol. The van der Waals surface area contributed by atoms with Crippen LogP contribution in [0, 0.1) is 11.3 Å². The van der Waals surface area contributed by atoms with Gasteiger partial charge in [0.25, 0.3) is 0 Å². The Bertz CT molecular complexity index is 1080. The van der Waals surface area contributed by atoms with Crippen LogP contribution in [0.1, 0.15) is 62.0 Å². The standard InChI is InChI=1S/C28H32N2O5/c31-25(29-17-28(26(32)33)13-5-6-14-28)18-11-12-19(15-18)30-27(34)35-16-24-22-9-3-1-7-20(22)21-8-2-4-10-23(21)24/h1-4,7-10,18-19,24H,5-6,11-17H2,(H,29,31)(H,30,34)(H,32,33). The highest BCUT2D eigenvalue weighted by Gasteiger charge is 2.42. The lowest BCUT2D eigenvalue weighted by atomic mass is 9.86. The topological polar surface area (TPSA) is 105 Å². The first-order valence-corrected chi connectivity index (χ1v) is 12.6. The van der Waals surface area contributed by atoms with Crippen LogP contribution in [0.15, 0.2) is 48.5 Å². The summed E-state index contributed by atoms with van der Waals surface area (Å²) >= 11 is 0. The van der Waals surface area contributed by atoms with Crippen LogP contribution in [0.5, 0.6) is 0 Å². The molecule has 35 heavy (non-hydrogen) atoms. The number of carbonyl (C=O) groups is 3. The van der Waals surface area contributed by atoms with Crippen molar-refractivity contribution in [3.8, 4) is 11.1 Å². The largest absolute Gasteiger partial charge is 0.481 e. The first-order chi connectivity index (χ1) is 17.0. The third kappa shape index (κ3) is 4.64. The van der Waals surface area contributed by atoms with E-state index in [9.17, 15) is 19.5 Å². The summed E-state index contributed by atoms with van der Waals surface area (Å²) in [5.74, 6) is -1.15. The highest BCUT2D eigenvalue weighted by atomic mass is 16.5. The molecule has 2 fully saturated rings. The second kappa shape index (κ2) is 9.72. The summed E-state index contributed by atoms with van der Waals surface area (Å²) in [6.07, 6.45) is 4.44. The molecule has 7 nitrogen and oxygen atoms in total. The van der Waals surface area contributed by atoms with Crippen LogP contribution in [-0.2, 0) is 14.3 Å². The summed E-state index contributed by atoms with van der Waals surface area (Å²) in [7, 11) is 0. The van der Waals surface area contributed by atoms with Crippen LogP contribution in [0.2, 0.25) is 0 Å². The predicted octanol–water partition coefficient (Wildman–Crippen LogP) is 4.46. The molecule has 0 radical (unpaired) electrons. The molecule has 7 heteroatoms. The van der Waals surface area contributed by atoms with Crippen molar-refractivity contribution >= 4 is 18.0 Å². The summed E-state index contributed by atoms with van der Waals surface area (Å²) in [5.41, 5.74) is 3.88. The summed E-state index contributed by atoms with van der Waals surface area (Å²) in [6.45, 7) is 0.440. The van der Waals surface area contributed by atoms with E-state index >= 15 is 0 Å². The number of carboxylic acids is 1. The Hall–Kier alpha value is -3.35. The highest BCUT2D eigenvalue weighted by Crippen LogP contribution is 2.44. The number of carbonyl (C=O) groups excluding carboxylic acids is 2. The van der Waals surface area contributed by atoms with Crippen molar-refractivity contribution in [3.05, 3.63) is 59.7 Å². The molecule has 0 aliphatic heterocycles. The number of hydrogen-bond acceptors (Lipinski definition) is 4. The van der Waals surface area contributed by atoms with E-state index in [0.29, 0.717) is 32.1 Å². The fourth-order valence-electron chi connectivity index (χ4n) is 6.08. The van der Waals surface area contributed by atoms with Crippen molar-refractivity contribution in [2.75, 3.05) is 13.2 Å². The van der Waals surface area contributed by atoms with Gasteiger partial charge in [-0.15, -0.1) is 0 Å². The number of amides is 2. The first-order valence-electron chi connectivity index (χ1n) is 12.6. The third-order valence-electron chi connectivity index (χ3n) is 8.08. The van der Waals surface area contributed by atoms with Crippen molar-refractivity contribution in [2.24, 2.45) is 11.3 Å². The van der Waals surface area contributed by atoms with Gasteiger partial charge in [-0.1, -0.05) is 61.4 Å². The first kappa shape index (κ1) is 23.4. The second-order valence-corrected chi connectivity index (χ2v) is 10.2. The molecule has 3 aliphatic rings. The van der Waals surface area contributed by atoms with E-state index in [-0.39, 0.29) is 36.9 Å². The number of fused-ring (bicyclic) bond motifs is 3. The molecule has 5 rings (SSSR count). The zero-order chi connectivity index (χ0) is 24.4. The van der Waals surface area contributed by atoms with Crippen molar-refractivity contribution in [1.29, 1.82) is 0 Å². The van der Waals surface area contributed by atoms with E-state index in [2.05, 4.69) is 34.9 Å². The molecular weight excluding hydrogens is 444 g/mol. The minimum atomic E-state index is -0.826. The normalized spacial score (nSPS) is 22.3. The Morgan fingerprint density at radius 1 is 0.943 bits per heavy atom. The summed E-state index contributed by atoms with van der Waals surface area (Å²) in [6, 6.07) is 16.3. The SMILES string of the molecule is O=C(NC1CCC(C(=O)NCC2(C(=O)O)CCCC2)C1)OCC1c2ccccc2-c2ccccc21. The lowest BCUT2D eigenvalue weighted by molar-refractivity contribution is -0.148. The molecule has 2 aromatic carbocycles. The number of aliphatic carboxylic acids is 1. The van der Waals surface area contributed by atoms with E-state index in [0.717, 1.165) is 12.8 Å². The smallest absolute Gasteiger partial charge is 0.407 e. The predicted molar refractivity (Wildman–Crippen MR) is 131 cm³/mol. The zero-order valence-electron chi connectivity index (χ0n) is 19.8. The maximum Gasteiger partial charge on any atom is 0.407 e. The van der Waals surface area contributed by atoms with Crippen molar-refractivity contribution in [1.82, 2.24) is 10.6 Å². The number of carboxylic acid groups (broad SMARTS) is 1. The maximum atomic E-state index is 12.7. The van der Waals surface area contributed by atoms with Crippen molar-refractivity contribution in [3.63, 3.8) is 0 Å². The minimum Gasteiger partial charge on any atom is -0.481 e. The molecule has 184 valence electrons. The maximum absolute atomic E-state index is 12.7. The van der Waals surface area contributed by atoms with Gasteiger partial charge in [-0.25, -0.2) is 4.79 Å². The Balaban J connectivity index is 1.11. The number of nitrogens with one attached hydrogen (secondary N) is 2. The van der Waals surface area contributed by atoms with Crippen molar-refractivity contribution < 1.29 is 24.2 Å². The number of hydrogen-bond donors (Lipinski definition) is 3. The number of benzene rings is 2. The molecule has 0 saturated heterocycles. The minimum absolute atomic E-state index is 0.00685. The molecule has 2 saturated carbocycles. The highest BCUT2D eigenvalue weighted by molar-refractivity contribution is 5.81. The van der Waals surface area contributed by atoms with Gasteiger partial charge < -0.3 is 20.5 Å². The Morgan fingerprint density at radius 2 is 1.57 bits per heavy atom. The molecular formula is C28H32N2O5. The van der Waals surface area contributed by atoms with Crippen LogP contribution in [0.3, 0.4) is 0 Å².